The van der Waals surface area contributed by atoms with Gasteiger partial charge in [0.15, 0.2) is 0 Å². The van der Waals surface area contributed by atoms with Gasteiger partial charge in [0.25, 0.3) is 0 Å². The third-order valence-electron chi connectivity index (χ3n) is 2.93. The van der Waals surface area contributed by atoms with Crippen LogP contribution in [0.4, 0.5) is 13.2 Å². The van der Waals surface area contributed by atoms with Gasteiger partial charge in [-0.15, -0.1) is 0 Å². The van der Waals surface area contributed by atoms with Gasteiger partial charge in [-0.25, -0.2) is 9.18 Å². The van der Waals surface area contributed by atoms with Gasteiger partial charge >= 0.3 is 12.6 Å². The number of carbonyl (C=O) groups is 1. The van der Waals surface area contributed by atoms with Gasteiger partial charge in [-0.2, -0.15) is 8.78 Å². The van der Waals surface area contributed by atoms with Gasteiger partial charge in [-0.3, -0.25) is 0 Å². The lowest BCUT2D eigenvalue weighted by atomic mass is 10.2. The molecule has 0 saturated heterocycles. The highest BCUT2D eigenvalue weighted by molar-refractivity contribution is 5.92. The molecule has 0 bridgehead atoms. The first kappa shape index (κ1) is 17.7. The molecule has 24 heavy (non-hydrogen) atoms. The van der Waals surface area contributed by atoms with E-state index < -0.39 is 12.6 Å². The maximum absolute atomic E-state index is 12.7. The number of benzene rings is 2. The lowest BCUT2D eigenvalue weighted by Crippen LogP contribution is -2.12. The van der Waals surface area contributed by atoms with E-state index >= 15 is 0 Å². The number of para-hydroxylation sites is 1. The van der Waals surface area contributed by atoms with Crippen molar-refractivity contribution in [1.82, 2.24) is 0 Å². The molecule has 0 spiro atoms. The molecule has 0 N–H and O–H groups in total. The van der Waals surface area contributed by atoms with Crippen LogP contribution in [-0.2, 0) is 4.74 Å². The Morgan fingerprint density at radius 2 is 1.71 bits per heavy atom. The molecule has 2 aromatic carbocycles. The SMILES string of the molecule is O=C(OCCCOc1ccc(F)cc1)c1ccccc1OC(F)F. The number of esters is 1. The third kappa shape index (κ3) is 5.49. The Balaban J connectivity index is 1.76. The van der Waals surface area contributed by atoms with Crippen LogP contribution in [-0.4, -0.2) is 25.8 Å². The van der Waals surface area contributed by atoms with Crippen molar-refractivity contribution in [3.8, 4) is 11.5 Å². The van der Waals surface area contributed by atoms with Crippen LogP contribution in [0.1, 0.15) is 16.8 Å². The van der Waals surface area contributed by atoms with Crippen LogP contribution >= 0.6 is 0 Å². The maximum Gasteiger partial charge on any atom is 0.387 e. The number of ether oxygens (including phenoxy) is 3. The van der Waals surface area contributed by atoms with Crippen molar-refractivity contribution in [2.24, 2.45) is 0 Å². The molecule has 7 heteroatoms. The number of hydrogen-bond donors (Lipinski definition) is 0. The number of carbonyl (C=O) groups excluding carboxylic acids is 1. The topological polar surface area (TPSA) is 44.8 Å². The van der Waals surface area contributed by atoms with E-state index in [9.17, 15) is 18.0 Å². The van der Waals surface area contributed by atoms with E-state index in [4.69, 9.17) is 9.47 Å². The molecule has 0 fully saturated rings. The van der Waals surface area contributed by atoms with Crippen molar-refractivity contribution in [1.29, 1.82) is 0 Å². The lowest BCUT2D eigenvalue weighted by molar-refractivity contribution is -0.0504. The highest BCUT2D eigenvalue weighted by Gasteiger charge is 2.16. The Hall–Kier alpha value is -2.70. The molecule has 0 heterocycles. The molecular weight excluding hydrogens is 325 g/mol. The van der Waals surface area contributed by atoms with Crippen LogP contribution < -0.4 is 9.47 Å². The van der Waals surface area contributed by atoms with E-state index in [1.165, 1.54) is 48.5 Å². The van der Waals surface area contributed by atoms with Crippen LogP contribution in [0.15, 0.2) is 48.5 Å². The van der Waals surface area contributed by atoms with Crippen molar-refractivity contribution in [3.05, 3.63) is 59.9 Å². The number of halogens is 3. The Morgan fingerprint density at radius 1 is 1.00 bits per heavy atom. The standard InChI is InChI=1S/C17H15F3O4/c18-12-6-8-13(9-7-12)22-10-3-11-23-16(21)14-4-1-2-5-15(14)24-17(19)20/h1-2,4-9,17H,3,10-11H2. The molecular formula is C17H15F3O4. The predicted molar refractivity (Wildman–Crippen MR) is 79.9 cm³/mol. The molecule has 2 aromatic rings. The van der Waals surface area contributed by atoms with Crippen LogP contribution in [0.25, 0.3) is 0 Å². The quantitative estimate of drug-likeness (QED) is 0.537. The van der Waals surface area contributed by atoms with E-state index in [2.05, 4.69) is 4.74 Å². The fourth-order valence-corrected chi connectivity index (χ4v) is 1.86. The molecule has 0 aromatic heterocycles. The van der Waals surface area contributed by atoms with E-state index in [-0.39, 0.29) is 30.3 Å². The first-order chi connectivity index (χ1) is 11.6. The molecule has 4 nitrogen and oxygen atoms in total. The second-order valence-corrected chi connectivity index (χ2v) is 4.67. The number of alkyl halides is 2. The first-order valence-electron chi connectivity index (χ1n) is 7.15. The molecule has 0 aliphatic carbocycles. The van der Waals surface area contributed by atoms with Gasteiger partial charge in [0, 0.05) is 6.42 Å². The van der Waals surface area contributed by atoms with Gasteiger partial charge in [0.1, 0.15) is 22.9 Å². The van der Waals surface area contributed by atoms with Gasteiger partial charge in [-0.05, 0) is 36.4 Å². The van der Waals surface area contributed by atoms with Gasteiger partial charge in [0.2, 0.25) is 0 Å². The molecule has 0 aliphatic rings. The van der Waals surface area contributed by atoms with Crippen LogP contribution in [0, 0.1) is 5.82 Å². The van der Waals surface area contributed by atoms with E-state index in [0.29, 0.717) is 12.2 Å². The van der Waals surface area contributed by atoms with E-state index in [1.54, 1.807) is 0 Å². The minimum Gasteiger partial charge on any atom is -0.493 e. The second kappa shape index (κ2) is 8.81. The summed E-state index contributed by atoms with van der Waals surface area (Å²) in [6, 6.07) is 11.1. The summed E-state index contributed by atoms with van der Waals surface area (Å²) in [5, 5.41) is 0. The molecule has 128 valence electrons. The largest absolute Gasteiger partial charge is 0.493 e. The Morgan fingerprint density at radius 3 is 2.42 bits per heavy atom. The summed E-state index contributed by atoms with van der Waals surface area (Å²) >= 11 is 0. The van der Waals surface area contributed by atoms with Crippen molar-refractivity contribution < 1.29 is 32.2 Å². The highest BCUT2D eigenvalue weighted by atomic mass is 19.3. The minimum absolute atomic E-state index is 0.0447. The van der Waals surface area contributed by atoms with Gasteiger partial charge in [0.05, 0.1) is 13.2 Å². The summed E-state index contributed by atoms with van der Waals surface area (Å²) in [5.41, 5.74) is -0.0720. The Bertz CT molecular complexity index is 659. The van der Waals surface area contributed by atoms with Crippen molar-refractivity contribution in [2.45, 2.75) is 13.0 Å². The summed E-state index contributed by atoms with van der Waals surface area (Å²) in [7, 11) is 0. The molecule has 0 aliphatic heterocycles. The van der Waals surface area contributed by atoms with Crippen LogP contribution in [0.5, 0.6) is 11.5 Å². The third-order valence-corrected chi connectivity index (χ3v) is 2.93. The van der Waals surface area contributed by atoms with Crippen LogP contribution in [0.2, 0.25) is 0 Å². The fourth-order valence-electron chi connectivity index (χ4n) is 1.86. The summed E-state index contributed by atoms with van der Waals surface area (Å²) in [6.07, 6.45) is 0.390. The zero-order valence-electron chi connectivity index (χ0n) is 12.6. The normalized spacial score (nSPS) is 10.5. The Kier molecular flexibility index (Phi) is 6.48. The van der Waals surface area contributed by atoms with Crippen LogP contribution in [0.3, 0.4) is 0 Å². The summed E-state index contributed by atoms with van der Waals surface area (Å²) < 4.78 is 51.9. The molecule has 0 amide bonds. The number of hydrogen-bond acceptors (Lipinski definition) is 4. The molecule has 0 unspecified atom stereocenters. The number of rotatable bonds is 8. The summed E-state index contributed by atoms with van der Waals surface area (Å²) in [5.74, 6) is -0.854. The predicted octanol–water partition coefficient (Wildman–Crippen LogP) is 4.05. The molecule has 0 atom stereocenters. The van der Waals surface area contributed by atoms with Crippen molar-refractivity contribution in [3.63, 3.8) is 0 Å². The first-order valence-corrected chi connectivity index (χ1v) is 7.15. The molecule has 0 radical (unpaired) electrons. The minimum atomic E-state index is -3.02. The fraction of sp³-hybridized carbons (Fsp3) is 0.235. The maximum atomic E-state index is 12.7. The molecule has 0 saturated carbocycles. The monoisotopic (exact) mass is 340 g/mol. The lowest BCUT2D eigenvalue weighted by Gasteiger charge is -2.10. The smallest absolute Gasteiger partial charge is 0.387 e. The highest BCUT2D eigenvalue weighted by Crippen LogP contribution is 2.21. The van der Waals surface area contributed by atoms with Gasteiger partial charge < -0.3 is 14.2 Å². The zero-order chi connectivity index (χ0) is 17.4. The van der Waals surface area contributed by atoms with E-state index in [1.807, 2.05) is 0 Å². The Labute approximate surface area is 136 Å². The summed E-state index contributed by atoms with van der Waals surface area (Å²) in [4.78, 5) is 11.9. The average molecular weight is 340 g/mol. The summed E-state index contributed by atoms with van der Waals surface area (Å²) in [6.45, 7) is -2.72. The average Bonchev–Trinajstić information content (AvgIpc) is 2.56. The van der Waals surface area contributed by atoms with Crippen molar-refractivity contribution in [2.75, 3.05) is 13.2 Å². The molecule has 2 rings (SSSR count). The second-order valence-electron chi connectivity index (χ2n) is 4.67. The zero-order valence-corrected chi connectivity index (χ0v) is 12.6. The van der Waals surface area contributed by atoms with E-state index in [0.717, 1.165) is 0 Å². The van der Waals surface area contributed by atoms with Gasteiger partial charge in [-0.1, -0.05) is 12.1 Å². The van der Waals surface area contributed by atoms with Crippen molar-refractivity contribution >= 4 is 5.97 Å².